The molecule has 10 N–H and O–H groups in total. The zero-order valence-corrected chi connectivity index (χ0v) is 61.9. The number of aliphatic hydroxyl groups excluding tert-OH is 8. The van der Waals surface area contributed by atoms with Gasteiger partial charge in [-0.1, -0.05) is 36.4 Å². The van der Waals surface area contributed by atoms with Crippen LogP contribution in [-0.4, -0.2) is 241 Å². The summed E-state index contributed by atoms with van der Waals surface area (Å²) in [6, 6.07) is 25.8. The van der Waals surface area contributed by atoms with Gasteiger partial charge in [-0.25, -0.2) is 19.4 Å². The average molecular weight is 1540 g/mol. The van der Waals surface area contributed by atoms with E-state index in [0.29, 0.717) is 33.8 Å². The number of amides is 6. The quantitative estimate of drug-likeness (QED) is 0.0351. The average Bonchev–Trinajstić information content (AvgIpc) is 1.61. The van der Waals surface area contributed by atoms with Crippen LogP contribution in [0.15, 0.2) is 122 Å². The maximum Gasteiger partial charge on any atom is 0.416 e. The van der Waals surface area contributed by atoms with Crippen LogP contribution in [0.4, 0.5) is 21.0 Å². The molecule has 6 aliphatic heterocycles. The van der Waals surface area contributed by atoms with Crippen LogP contribution in [0.2, 0.25) is 0 Å². The summed E-state index contributed by atoms with van der Waals surface area (Å²) in [4.78, 5) is 92.1. The second kappa shape index (κ2) is 34.2. The summed E-state index contributed by atoms with van der Waals surface area (Å²) in [7, 11) is 7.17. The van der Waals surface area contributed by atoms with Gasteiger partial charge in [-0.15, -0.1) is 0 Å². The molecule has 33 heteroatoms. The molecule has 0 saturated carbocycles. The molecule has 0 aromatic heterocycles. The second-order valence-electron chi connectivity index (χ2n) is 27.9. The molecule has 12 atom stereocenters. The third-order valence-corrected chi connectivity index (χ3v) is 19.3. The van der Waals surface area contributed by atoms with Gasteiger partial charge >= 0.3 is 12.2 Å². The first-order valence-electron chi connectivity index (χ1n) is 35.6. The smallest absolute Gasteiger partial charge is 0.416 e. The van der Waals surface area contributed by atoms with Crippen LogP contribution in [0.3, 0.4) is 0 Å². The third kappa shape index (κ3) is 17.2. The Bertz CT molecular complexity index is 4490. The molecule has 592 valence electrons. The number of carbonyl (C=O) groups is 6. The number of ether oxygens (including phenoxy) is 13. The summed E-state index contributed by atoms with van der Waals surface area (Å²) >= 11 is 0. The molecule has 12 rings (SSSR count). The Balaban J connectivity index is 0.809. The molecule has 111 heavy (non-hydrogen) atoms. The van der Waals surface area contributed by atoms with E-state index >= 15 is 4.79 Å². The van der Waals surface area contributed by atoms with Crippen molar-refractivity contribution in [3.63, 3.8) is 0 Å². The molecule has 0 spiro atoms. The van der Waals surface area contributed by atoms with Crippen molar-refractivity contribution in [2.75, 3.05) is 84.9 Å². The van der Waals surface area contributed by atoms with Crippen LogP contribution < -0.4 is 58.3 Å². The number of rotatable bonds is 25. The largest absolute Gasteiger partial charge is 0.497 e. The van der Waals surface area contributed by atoms with Crippen LogP contribution >= 0.6 is 0 Å². The summed E-state index contributed by atoms with van der Waals surface area (Å²) < 4.78 is 74.8. The van der Waals surface area contributed by atoms with Crippen molar-refractivity contribution < 1.29 is 131 Å². The SMILES string of the molecule is COCCNC(=O)c1cc(COC(=O)N2c3cc(OCCCOc4cc5c(cc4OC)C(=O)N4C=C(c6ccc(OC)cc6)C[C@H]4C(O)N5C(=O)OCc4ccc(O[C@@H]5OC[C@@H](O)[C@H](O)[C@H]5O)c(C(=O)NC(C)(C)C)c4)c(OC)cc3C(=O)N3C=C(c4ccc(OC)cc4)C[C@H]3C2O)ccc1O[C@@H]1OC[C@@H](O)[C@H](O)[C@H]1O. The maximum absolute atomic E-state index is 15.0. The molecule has 6 aromatic carbocycles. The van der Waals surface area contributed by atoms with Crippen LogP contribution in [-0.2, 0) is 36.9 Å². The van der Waals surface area contributed by atoms with E-state index < -0.39 is 128 Å². The highest BCUT2D eigenvalue weighted by Crippen LogP contribution is 2.47. The summed E-state index contributed by atoms with van der Waals surface area (Å²) in [5.74, 6) is -1.50. The zero-order chi connectivity index (χ0) is 79.3. The lowest BCUT2D eigenvalue weighted by Gasteiger charge is -2.35. The fourth-order valence-electron chi connectivity index (χ4n) is 13.4. The van der Waals surface area contributed by atoms with Crippen LogP contribution in [0.5, 0.6) is 46.0 Å². The first-order valence-corrected chi connectivity index (χ1v) is 35.6. The van der Waals surface area contributed by atoms with Crippen molar-refractivity contribution in [2.45, 2.75) is 133 Å². The number of hydrogen-bond acceptors (Lipinski definition) is 27. The van der Waals surface area contributed by atoms with Gasteiger partial charge in [-0.2, -0.15) is 0 Å². The number of hydrogen-bond donors (Lipinski definition) is 10. The third-order valence-electron chi connectivity index (χ3n) is 19.3. The standard InChI is InChI=1S/C78H88N6O27/c1-78(2,3)80-69(92)51-27-41(11-21-59(51)111-75-67(90)65(88)57(86)39-107-75)37-109-77(98)84-53-33-63(61(103-8)31-49(53)71(94)82-35-45(29-55(82)73(84)96)43-14-18-47(101-6)19-15-43)105-24-9-23-104-62-32-52-48(30-60(62)102-7)70(93)81-34-44(42-12-16-46(100-5)17-13-42)28-54(81)72(95)83(52)76(97)108-36-40-10-20-58(50(26-40)68(91)79-22-25-99-4)110-74-66(89)64(87)56(85)38-106-74/h10-21,26-27,30-35,54-57,64-67,72-75,85-90,95-96H,9,22-25,28-29,36-39H2,1-8H3,(H,79,91)(H,80,92)/t54-,55-,56+,57+,64-,65-,66+,67+,72?,73?,74-,75-/m0/s1. The number of nitrogens with zero attached hydrogens (tertiary/aromatic N) is 4. The second-order valence-corrected chi connectivity index (χ2v) is 27.9. The van der Waals surface area contributed by atoms with E-state index in [1.807, 2.05) is 0 Å². The van der Waals surface area contributed by atoms with E-state index in [1.54, 1.807) is 81.7 Å². The Labute approximate surface area is 637 Å². The first-order chi connectivity index (χ1) is 53.2. The fourth-order valence-corrected chi connectivity index (χ4v) is 13.4. The summed E-state index contributed by atoms with van der Waals surface area (Å²) in [6.45, 7) is 3.34. The Morgan fingerprint density at radius 2 is 0.919 bits per heavy atom. The van der Waals surface area contributed by atoms with E-state index in [9.17, 15) is 64.8 Å². The molecule has 2 saturated heterocycles. The lowest BCUT2D eigenvalue weighted by Crippen LogP contribution is -2.54. The first kappa shape index (κ1) is 79.7. The highest BCUT2D eigenvalue weighted by molar-refractivity contribution is 6.09. The van der Waals surface area contributed by atoms with E-state index in [4.69, 9.17) is 61.6 Å². The summed E-state index contributed by atoms with van der Waals surface area (Å²) in [6.07, 6.45) is -14.9. The zero-order valence-electron chi connectivity index (χ0n) is 61.9. The fraction of sp³-hybridized carbons (Fsp3) is 0.410. The van der Waals surface area contributed by atoms with Gasteiger partial charge in [0.05, 0.1) is 107 Å². The number of methoxy groups -OCH3 is 5. The molecule has 6 heterocycles. The highest BCUT2D eigenvalue weighted by Gasteiger charge is 2.49. The Hall–Kier alpha value is -10.8. The van der Waals surface area contributed by atoms with Crippen LogP contribution in [0.1, 0.15) is 104 Å². The predicted molar refractivity (Wildman–Crippen MR) is 391 cm³/mol. The van der Waals surface area contributed by atoms with Gasteiger partial charge in [-0.05, 0) is 128 Å². The Kier molecular flexibility index (Phi) is 24.6. The van der Waals surface area contributed by atoms with Crippen molar-refractivity contribution in [2.24, 2.45) is 0 Å². The molecular formula is C78H88N6O27. The molecular weight excluding hydrogens is 1450 g/mol. The molecule has 6 amide bonds. The molecule has 2 fully saturated rings. The lowest BCUT2D eigenvalue weighted by atomic mass is 10.0. The minimum absolute atomic E-state index is 0.000702. The molecule has 0 radical (unpaired) electrons. The summed E-state index contributed by atoms with van der Waals surface area (Å²) in [5, 5.41) is 93.1. The lowest BCUT2D eigenvalue weighted by molar-refractivity contribution is -0.242. The van der Waals surface area contributed by atoms with E-state index in [1.165, 1.54) is 106 Å². The van der Waals surface area contributed by atoms with Crippen molar-refractivity contribution >= 4 is 58.3 Å². The molecule has 6 aliphatic rings. The highest BCUT2D eigenvalue weighted by atomic mass is 16.7. The van der Waals surface area contributed by atoms with Crippen LogP contribution in [0.25, 0.3) is 11.1 Å². The minimum Gasteiger partial charge on any atom is -0.497 e. The van der Waals surface area contributed by atoms with E-state index in [0.717, 1.165) is 9.80 Å². The number of nitrogens with one attached hydrogen (secondary N) is 2. The Morgan fingerprint density at radius 3 is 1.32 bits per heavy atom. The topological polar surface area (TPSA) is 421 Å². The van der Waals surface area contributed by atoms with Crippen LogP contribution in [0, 0.1) is 0 Å². The van der Waals surface area contributed by atoms with Crippen molar-refractivity contribution in [3.8, 4) is 46.0 Å². The van der Waals surface area contributed by atoms with E-state index in [2.05, 4.69) is 10.6 Å². The number of anilines is 2. The molecule has 6 aromatic rings. The van der Waals surface area contributed by atoms with Crippen molar-refractivity contribution in [3.05, 3.63) is 166 Å². The maximum atomic E-state index is 15.0. The summed E-state index contributed by atoms with van der Waals surface area (Å²) in [5.41, 5.74) is 1.74. The van der Waals surface area contributed by atoms with Gasteiger partial charge in [0.1, 0.15) is 72.8 Å². The van der Waals surface area contributed by atoms with Gasteiger partial charge < -0.3 is 123 Å². The van der Waals surface area contributed by atoms with Gasteiger partial charge in [-0.3, -0.25) is 19.2 Å². The number of aliphatic hydroxyl groups is 8. The van der Waals surface area contributed by atoms with Crippen molar-refractivity contribution in [1.29, 1.82) is 0 Å². The monoisotopic (exact) mass is 1540 g/mol. The minimum atomic E-state index is -1.79. The predicted octanol–water partition coefficient (Wildman–Crippen LogP) is 4.57. The Morgan fingerprint density at radius 1 is 0.495 bits per heavy atom. The molecule has 0 bridgehead atoms. The van der Waals surface area contributed by atoms with Gasteiger partial charge in [0.2, 0.25) is 12.6 Å². The number of benzene rings is 6. The van der Waals surface area contributed by atoms with E-state index in [-0.39, 0.29) is 138 Å². The van der Waals surface area contributed by atoms with Gasteiger partial charge in [0.25, 0.3) is 23.6 Å². The number of carbonyl (C=O) groups excluding carboxylic acids is 6. The number of fused-ring (bicyclic) bond motifs is 4. The molecule has 2 unspecified atom stereocenters. The molecule has 0 aliphatic carbocycles. The van der Waals surface area contributed by atoms with Gasteiger partial charge in [0.15, 0.2) is 35.5 Å². The molecule has 33 nitrogen and oxygen atoms in total. The van der Waals surface area contributed by atoms with Gasteiger partial charge in [0, 0.05) is 50.1 Å². The van der Waals surface area contributed by atoms with Crippen molar-refractivity contribution in [1.82, 2.24) is 20.4 Å². The normalized spacial score (nSPS) is 23.4.